The lowest BCUT2D eigenvalue weighted by atomic mass is 9.60. The summed E-state index contributed by atoms with van der Waals surface area (Å²) in [5.41, 5.74) is 6.62. The Morgan fingerprint density at radius 2 is 1.57 bits per heavy atom. The first-order chi connectivity index (χ1) is 29.6. The van der Waals surface area contributed by atoms with Crippen LogP contribution >= 0.6 is 0 Å². The lowest BCUT2D eigenvalue weighted by Gasteiger charge is -2.62. The van der Waals surface area contributed by atoms with Crippen molar-refractivity contribution >= 4 is 51.1 Å². The summed E-state index contributed by atoms with van der Waals surface area (Å²) in [7, 11) is 4.41. The van der Waals surface area contributed by atoms with Gasteiger partial charge in [-0.1, -0.05) is 12.1 Å². The van der Waals surface area contributed by atoms with Crippen molar-refractivity contribution in [2.24, 2.45) is 12.5 Å². The van der Waals surface area contributed by atoms with Crippen LogP contribution in [-0.2, 0) is 16.6 Å². The SMILES string of the molecule is CN(C1CC(Oc2ccc(-c3ccc4c5cnccc5n(C)c4c3)cn2)C1)C1CC2(C1)CN(CCN1CCN(c3ccc4c(c3)C(=O)N(C3CCC(=O)NC3=O)C4=O)CC1)C2. The van der Waals surface area contributed by atoms with Gasteiger partial charge < -0.3 is 24.0 Å². The molecule has 1 atom stereocenters. The molecule has 5 fully saturated rings. The lowest BCUT2D eigenvalue weighted by Crippen LogP contribution is -2.68. The molecule has 2 aromatic carbocycles. The molecule has 3 saturated heterocycles. The highest BCUT2D eigenvalue weighted by Gasteiger charge is 2.54. The topological polar surface area (TPSA) is 136 Å². The van der Waals surface area contributed by atoms with E-state index < -0.39 is 23.8 Å². The van der Waals surface area contributed by atoms with Crippen LogP contribution in [-0.4, -0.2) is 141 Å². The normalized spacial score (nSPS) is 24.3. The van der Waals surface area contributed by atoms with Gasteiger partial charge in [-0.15, -0.1) is 0 Å². The van der Waals surface area contributed by atoms with Gasteiger partial charge in [0.2, 0.25) is 17.7 Å². The van der Waals surface area contributed by atoms with Crippen molar-refractivity contribution in [3.05, 3.63) is 84.3 Å². The van der Waals surface area contributed by atoms with Crippen molar-refractivity contribution in [1.82, 2.24) is 39.5 Å². The fourth-order valence-electron chi connectivity index (χ4n) is 11.0. The highest BCUT2D eigenvalue weighted by atomic mass is 16.5. The fraction of sp³-hybridized carbons (Fsp3) is 0.447. The van der Waals surface area contributed by atoms with Gasteiger partial charge in [0.25, 0.3) is 11.8 Å². The standard InChI is InChI=1S/C47H51N9O5/c1-51(32-20-34(21-32)61-43-10-4-30(25-49-43)29-3-6-35-38-26-48-12-11-39(38)52(2)41(35)19-29)33-23-47(24-33)27-54(28-47)14-13-53-15-17-55(18-16-53)31-5-7-36-37(22-31)46(60)56(45(36)59)40-8-9-42(57)50-44(40)58/h3-7,10-12,19,22,25-26,32-34,40H,8-9,13-18,20-21,23-24,27-28H2,1-2H3,(H,50,57,58). The Kier molecular flexibility index (Phi) is 9.24. The third kappa shape index (κ3) is 6.66. The van der Waals surface area contributed by atoms with Crippen LogP contribution in [0.15, 0.2) is 73.2 Å². The van der Waals surface area contributed by atoms with Crippen molar-refractivity contribution in [1.29, 1.82) is 0 Å². The van der Waals surface area contributed by atoms with Gasteiger partial charge in [-0.05, 0) is 73.7 Å². The van der Waals surface area contributed by atoms with E-state index in [4.69, 9.17) is 9.72 Å². The Labute approximate surface area is 354 Å². The van der Waals surface area contributed by atoms with Gasteiger partial charge in [0.15, 0.2) is 0 Å². The first-order valence-electron chi connectivity index (χ1n) is 21.8. The molecule has 0 bridgehead atoms. The number of nitrogens with zero attached hydrogens (tertiary/aromatic N) is 8. The third-order valence-electron chi connectivity index (χ3n) is 14.7. The first kappa shape index (κ1) is 38.2. The molecule has 4 aliphatic heterocycles. The number of ether oxygens (including phenoxy) is 1. The van der Waals surface area contributed by atoms with E-state index in [0.29, 0.717) is 34.5 Å². The zero-order valence-electron chi connectivity index (χ0n) is 34.8. The molecule has 6 aliphatic rings. The van der Waals surface area contributed by atoms with Crippen LogP contribution in [0.1, 0.15) is 59.2 Å². The number of benzene rings is 2. The Balaban J connectivity index is 0.594. The summed E-state index contributed by atoms with van der Waals surface area (Å²) in [6.07, 6.45) is 10.8. The van der Waals surface area contributed by atoms with Gasteiger partial charge in [0.1, 0.15) is 12.1 Å². The van der Waals surface area contributed by atoms with E-state index in [1.165, 1.54) is 47.7 Å². The van der Waals surface area contributed by atoms with Crippen LogP contribution in [0, 0.1) is 5.41 Å². The predicted molar refractivity (Wildman–Crippen MR) is 230 cm³/mol. The fourth-order valence-corrected chi connectivity index (χ4v) is 11.0. The number of nitrogens with one attached hydrogen (secondary N) is 1. The molecular formula is C47H51N9O5. The van der Waals surface area contributed by atoms with Gasteiger partial charge in [0.05, 0.1) is 16.6 Å². The number of carbonyl (C=O) groups excluding carboxylic acids is 4. The molecule has 1 spiro atoms. The second-order valence-corrected chi connectivity index (χ2v) is 18.4. The van der Waals surface area contributed by atoms with Crippen molar-refractivity contribution in [2.75, 3.05) is 64.3 Å². The summed E-state index contributed by atoms with van der Waals surface area (Å²) in [6, 6.07) is 18.4. The molecule has 2 saturated carbocycles. The minimum Gasteiger partial charge on any atom is -0.474 e. The molecule has 4 amide bonds. The average Bonchev–Trinajstić information content (AvgIpc) is 3.65. The number of aromatic nitrogens is 3. The minimum atomic E-state index is -0.953. The number of fused-ring (bicyclic) bond motifs is 4. The maximum Gasteiger partial charge on any atom is 0.262 e. The summed E-state index contributed by atoms with van der Waals surface area (Å²) < 4.78 is 8.55. The summed E-state index contributed by atoms with van der Waals surface area (Å²) in [5, 5.41) is 4.63. The molecule has 11 rings (SSSR count). The number of likely N-dealkylation sites (tertiary alicyclic amines) is 1. The van der Waals surface area contributed by atoms with Crippen LogP contribution < -0.4 is 15.0 Å². The number of piperidine rings is 1. The average molecular weight is 822 g/mol. The van der Waals surface area contributed by atoms with Crippen molar-refractivity contribution in [3.63, 3.8) is 0 Å². The van der Waals surface area contributed by atoms with E-state index in [1.807, 2.05) is 30.7 Å². The van der Waals surface area contributed by atoms with Gasteiger partial charge >= 0.3 is 0 Å². The zero-order valence-corrected chi connectivity index (χ0v) is 34.8. The monoisotopic (exact) mass is 821 g/mol. The summed E-state index contributed by atoms with van der Waals surface area (Å²) in [4.78, 5) is 70.6. The maximum atomic E-state index is 13.3. The number of hydrogen-bond donors (Lipinski definition) is 1. The Bertz CT molecular complexity index is 2580. The number of aryl methyl sites for hydroxylation is 1. The predicted octanol–water partition coefficient (Wildman–Crippen LogP) is 4.32. The molecule has 314 valence electrons. The highest BCUT2D eigenvalue weighted by molar-refractivity contribution is 6.23. The molecule has 3 aromatic heterocycles. The third-order valence-corrected chi connectivity index (χ3v) is 14.7. The van der Waals surface area contributed by atoms with Crippen LogP contribution in [0.4, 0.5) is 5.69 Å². The van der Waals surface area contributed by atoms with E-state index in [2.05, 4.69) is 78.9 Å². The number of amides is 4. The largest absolute Gasteiger partial charge is 0.474 e. The lowest BCUT2D eigenvalue weighted by molar-refractivity contribution is -0.136. The molecule has 14 heteroatoms. The van der Waals surface area contributed by atoms with Gasteiger partial charge in [-0.25, -0.2) is 4.98 Å². The van der Waals surface area contributed by atoms with E-state index in [1.54, 1.807) is 12.1 Å². The van der Waals surface area contributed by atoms with Crippen molar-refractivity contribution in [2.45, 2.75) is 62.8 Å². The van der Waals surface area contributed by atoms with Crippen molar-refractivity contribution < 1.29 is 23.9 Å². The number of rotatable bonds is 10. The summed E-state index contributed by atoms with van der Waals surface area (Å²) in [6.45, 7) is 8.08. The van der Waals surface area contributed by atoms with Crippen LogP contribution in [0.3, 0.4) is 0 Å². The summed E-state index contributed by atoms with van der Waals surface area (Å²) in [5.74, 6) is -1.20. The molecule has 2 aliphatic carbocycles. The van der Waals surface area contributed by atoms with Crippen molar-refractivity contribution in [3.8, 4) is 17.0 Å². The Morgan fingerprint density at radius 3 is 2.34 bits per heavy atom. The molecule has 5 aromatic rings. The van der Waals surface area contributed by atoms with E-state index in [-0.39, 0.29) is 24.9 Å². The van der Waals surface area contributed by atoms with Gasteiger partial charge in [0, 0.05) is 143 Å². The smallest absolute Gasteiger partial charge is 0.262 e. The first-order valence-corrected chi connectivity index (χ1v) is 21.8. The quantitative estimate of drug-likeness (QED) is 0.202. The molecule has 1 unspecified atom stereocenters. The number of anilines is 1. The Hall–Kier alpha value is -5.70. The van der Waals surface area contributed by atoms with Gasteiger partial charge in [-0.3, -0.25) is 39.3 Å². The van der Waals surface area contributed by atoms with E-state index >= 15 is 0 Å². The minimum absolute atomic E-state index is 0.108. The van der Waals surface area contributed by atoms with Crippen LogP contribution in [0.25, 0.3) is 32.9 Å². The zero-order chi connectivity index (χ0) is 41.6. The Morgan fingerprint density at radius 1 is 0.803 bits per heavy atom. The van der Waals surface area contributed by atoms with Gasteiger partial charge in [-0.2, -0.15) is 0 Å². The maximum absolute atomic E-state index is 13.3. The summed E-state index contributed by atoms with van der Waals surface area (Å²) >= 11 is 0. The number of imide groups is 2. The number of piperazine rings is 1. The number of pyridine rings is 2. The molecule has 7 heterocycles. The second kappa shape index (κ2) is 14.7. The molecule has 1 N–H and O–H groups in total. The number of hydrogen-bond acceptors (Lipinski definition) is 11. The highest BCUT2D eigenvalue weighted by Crippen LogP contribution is 2.51. The molecular weight excluding hydrogens is 771 g/mol. The van der Waals surface area contributed by atoms with E-state index in [9.17, 15) is 19.2 Å². The molecule has 0 radical (unpaired) electrons. The molecule has 14 nitrogen and oxygen atoms in total. The van der Waals surface area contributed by atoms with E-state index in [0.717, 1.165) is 73.8 Å². The van der Waals surface area contributed by atoms with Crippen LogP contribution in [0.5, 0.6) is 5.88 Å². The van der Waals surface area contributed by atoms with Crippen LogP contribution in [0.2, 0.25) is 0 Å². The second-order valence-electron chi connectivity index (χ2n) is 18.4. The molecule has 61 heavy (non-hydrogen) atoms. The number of carbonyl (C=O) groups is 4.